The highest BCUT2D eigenvalue weighted by molar-refractivity contribution is 5.77. The predicted molar refractivity (Wildman–Crippen MR) is 60.3 cm³/mol. The van der Waals surface area contributed by atoms with Crippen LogP contribution in [0.25, 0.3) is 0 Å². The van der Waals surface area contributed by atoms with E-state index in [-0.39, 0.29) is 11.4 Å². The minimum atomic E-state index is -0.196. The zero-order valence-electron chi connectivity index (χ0n) is 9.24. The molecule has 1 fully saturated rings. The molecule has 0 aromatic carbocycles. The van der Waals surface area contributed by atoms with E-state index in [1.807, 2.05) is 4.90 Å². The van der Waals surface area contributed by atoms with Crippen molar-refractivity contribution in [3.63, 3.8) is 0 Å². The van der Waals surface area contributed by atoms with Crippen molar-refractivity contribution in [1.29, 1.82) is 0 Å². The van der Waals surface area contributed by atoms with Gasteiger partial charge in [0.2, 0.25) is 5.91 Å². The highest BCUT2D eigenvalue weighted by Crippen LogP contribution is 2.30. The lowest BCUT2D eigenvalue weighted by atomic mass is 9.94. The van der Waals surface area contributed by atoms with E-state index in [9.17, 15) is 4.79 Å². The minimum absolute atomic E-state index is 0.196. The Morgan fingerprint density at radius 1 is 1.33 bits per heavy atom. The fraction of sp³-hybridized carbons (Fsp3) is 0.750. The third-order valence-electron chi connectivity index (χ3n) is 3.51. The molecule has 84 valence electrons. The van der Waals surface area contributed by atoms with Crippen LogP contribution < -0.4 is 5.73 Å². The molecular formula is C12H20N2O. The third kappa shape index (κ3) is 2.59. The molecule has 1 aliphatic carbocycles. The number of carbonyl (C=O) groups excluding carboxylic acids is 1. The van der Waals surface area contributed by atoms with Crippen molar-refractivity contribution < 1.29 is 4.79 Å². The van der Waals surface area contributed by atoms with Crippen LogP contribution in [0.2, 0.25) is 0 Å². The highest BCUT2D eigenvalue weighted by atomic mass is 16.2. The fourth-order valence-electron chi connectivity index (χ4n) is 2.54. The number of hydrogen-bond acceptors (Lipinski definition) is 2. The van der Waals surface area contributed by atoms with Crippen molar-refractivity contribution in [1.82, 2.24) is 4.90 Å². The lowest BCUT2D eigenvalue weighted by Gasteiger charge is -2.29. The Kier molecular flexibility index (Phi) is 3.10. The molecule has 0 aromatic rings. The van der Waals surface area contributed by atoms with Crippen molar-refractivity contribution in [2.75, 3.05) is 13.1 Å². The molecular weight excluding hydrogens is 188 g/mol. The van der Waals surface area contributed by atoms with E-state index < -0.39 is 0 Å². The quantitative estimate of drug-likeness (QED) is 0.698. The van der Waals surface area contributed by atoms with E-state index in [0.29, 0.717) is 6.42 Å². The van der Waals surface area contributed by atoms with E-state index in [0.717, 1.165) is 32.4 Å². The smallest absolute Gasteiger partial charge is 0.224 e. The van der Waals surface area contributed by atoms with Gasteiger partial charge in [-0.2, -0.15) is 0 Å². The Morgan fingerprint density at radius 3 is 2.67 bits per heavy atom. The topological polar surface area (TPSA) is 46.3 Å². The second-order valence-electron chi connectivity index (χ2n) is 4.85. The summed E-state index contributed by atoms with van der Waals surface area (Å²) < 4.78 is 0. The zero-order valence-corrected chi connectivity index (χ0v) is 9.24. The molecule has 0 radical (unpaired) electrons. The summed E-state index contributed by atoms with van der Waals surface area (Å²) >= 11 is 0. The molecule has 2 aliphatic rings. The summed E-state index contributed by atoms with van der Waals surface area (Å²) in [6.45, 7) is 1.64. The number of rotatable bonds is 2. The molecule has 2 rings (SSSR count). The van der Waals surface area contributed by atoms with Gasteiger partial charge in [0.1, 0.15) is 0 Å². The van der Waals surface area contributed by atoms with Crippen molar-refractivity contribution >= 4 is 5.91 Å². The molecule has 2 N–H and O–H groups in total. The van der Waals surface area contributed by atoms with E-state index in [1.54, 1.807) is 0 Å². The summed E-state index contributed by atoms with van der Waals surface area (Å²) in [6.07, 6.45) is 10.1. The van der Waals surface area contributed by atoms with Gasteiger partial charge in [0.15, 0.2) is 0 Å². The monoisotopic (exact) mass is 208 g/mol. The molecule has 1 amide bonds. The summed E-state index contributed by atoms with van der Waals surface area (Å²) in [5, 5.41) is 0. The first-order valence-electron chi connectivity index (χ1n) is 5.91. The maximum Gasteiger partial charge on any atom is 0.224 e. The van der Waals surface area contributed by atoms with Crippen LogP contribution in [0, 0.1) is 0 Å². The van der Waals surface area contributed by atoms with E-state index in [1.165, 1.54) is 12.8 Å². The van der Waals surface area contributed by atoms with E-state index in [4.69, 9.17) is 5.73 Å². The first-order chi connectivity index (χ1) is 7.20. The molecule has 0 bridgehead atoms. The summed E-state index contributed by atoms with van der Waals surface area (Å²) in [6, 6.07) is 0. The normalized spacial score (nSPS) is 24.5. The summed E-state index contributed by atoms with van der Waals surface area (Å²) in [5.41, 5.74) is 6.00. The Bertz CT molecular complexity index is 267. The van der Waals surface area contributed by atoms with Crippen LogP contribution in [-0.2, 0) is 4.79 Å². The molecule has 3 heteroatoms. The SMILES string of the molecule is NC1(CC(=O)N2CC=CCC2)CCCC1. The van der Waals surface area contributed by atoms with Crippen molar-refractivity contribution in [2.45, 2.75) is 44.1 Å². The van der Waals surface area contributed by atoms with Crippen molar-refractivity contribution in [2.24, 2.45) is 5.73 Å². The van der Waals surface area contributed by atoms with Gasteiger partial charge in [0, 0.05) is 25.0 Å². The van der Waals surface area contributed by atoms with Gasteiger partial charge in [-0.3, -0.25) is 4.79 Å². The van der Waals surface area contributed by atoms with Gasteiger partial charge in [-0.25, -0.2) is 0 Å². The van der Waals surface area contributed by atoms with Crippen LogP contribution in [0.1, 0.15) is 38.5 Å². The third-order valence-corrected chi connectivity index (χ3v) is 3.51. The van der Waals surface area contributed by atoms with Crippen molar-refractivity contribution in [3.05, 3.63) is 12.2 Å². The van der Waals surface area contributed by atoms with Crippen molar-refractivity contribution in [3.8, 4) is 0 Å². The predicted octanol–water partition coefficient (Wildman–Crippen LogP) is 1.44. The molecule has 0 saturated heterocycles. The average molecular weight is 208 g/mol. The van der Waals surface area contributed by atoms with Crippen LogP contribution in [0.15, 0.2) is 12.2 Å². The summed E-state index contributed by atoms with van der Waals surface area (Å²) in [7, 11) is 0. The number of hydrogen-bond donors (Lipinski definition) is 1. The molecule has 0 atom stereocenters. The molecule has 0 aromatic heterocycles. The Labute approximate surface area is 91.3 Å². The van der Waals surface area contributed by atoms with Gasteiger partial charge in [-0.05, 0) is 19.3 Å². The summed E-state index contributed by atoms with van der Waals surface area (Å²) in [5.74, 6) is 0.240. The standard InChI is InChI=1S/C12H20N2O/c13-12(6-2-3-7-12)10-11(15)14-8-4-1-5-9-14/h1,4H,2-3,5-10,13H2. The highest BCUT2D eigenvalue weighted by Gasteiger charge is 2.33. The summed E-state index contributed by atoms with van der Waals surface area (Å²) in [4.78, 5) is 13.9. The minimum Gasteiger partial charge on any atom is -0.339 e. The number of nitrogens with zero attached hydrogens (tertiary/aromatic N) is 1. The van der Waals surface area contributed by atoms with Gasteiger partial charge < -0.3 is 10.6 Å². The van der Waals surface area contributed by atoms with E-state index in [2.05, 4.69) is 12.2 Å². The number of amides is 1. The molecule has 1 saturated carbocycles. The van der Waals surface area contributed by atoms with Gasteiger partial charge >= 0.3 is 0 Å². The van der Waals surface area contributed by atoms with Gasteiger partial charge in [-0.1, -0.05) is 25.0 Å². The lowest BCUT2D eigenvalue weighted by Crippen LogP contribution is -2.44. The van der Waals surface area contributed by atoms with Crippen LogP contribution >= 0.6 is 0 Å². The molecule has 0 spiro atoms. The number of nitrogens with two attached hydrogens (primary N) is 1. The molecule has 15 heavy (non-hydrogen) atoms. The van der Waals surface area contributed by atoms with Crippen LogP contribution in [0.5, 0.6) is 0 Å². The fourth-order valence-corrected chi connectivity index (χ4v) is 2.54. The maximum absolute atomic E-state index is 12.0. The van der Waals surface area contributed by atoms with Gasteiger partial charge in [0.05, 0.1) is 0 Å². The molecule has 1 heterocycles. The maximum atomic E-state index is 12.0. The largest absolute Gasteiger partial charge is 0.339 e. The number of carbonyl (C=O) groups is 1. The Balaban J connectivity index is 1.88. The molecule has 0 unspecified atom stereocenters. The first kappa shape index (κ1) is 10.7. The molecule has 3 nitrogen and oxygen atoms in total. The first-order valence-corrected chi connectivity index (χ1v) is 5.91. The van der Waals surface area contributed by atoms with Crippen LogP contribution in [0.3, 0.4) is 0 Å². The Hall–Kier alpha value is -0.830. The zero-order chi connectivity index (χ0) is 10.7. The van der Waals surface area contributed by atoms with Crippen LogP contribution in [-0.4, -0.2) is 29.4 Å². The second-order valence-corrected chi connectivity index (χ2v) is 4.85. The Morgan fingerprint density at radius 2 is 2.07 bits per heavy atom. The van der Waals surface area contributed by atoms with E-state index >= 15 is 0 Å². The average Bonchev–Trinajstić information content (AvgIpc) is 2.66. The van der Waals surface area contributed by atoms with Crippen LogP contribution in [0.4, 0.5) is 0 Å². The second kappa shape index (κ2) is 4.35. The lowest BCUT2D eigenvalue weighted by molar-refractivity contribution is -0.132. The molecule has 1 aliphatic heterocycles. The van der Waals surface area contributed by atoms with Gasteiger partial charge in [-0.15, -0.1) is 0 Å². The van der Waals surface area contributed by atoms with Gasteiger partial charge in [0.25, 0.3) is 0 Å².